The summed E-state index contributed by atoms with van der Waals surface area (Å²) in [6, 6.07) is 4.19. The lowest BCUT2D eigenvalue weighted by molar-refractivity contribution is 0.296. The third-order valence-corrected chi connectivity index (χ3v) is 3.93. The largest absolute Gasteiger partial charge is 0.493 e. The van der Waals surface area contributed by atoms with Crippen molar-refractivity contribution in [3.63, 3.8) is 0 Å². The molecule has 2 N–H and O–H groups in total. The fraction of sp³-hybridized carbons (Fsp3) is 0.600. The zero-order valence-electron chi connectivity index (χ0n) is 13.1. The quantitative estimate of drug-likeness (QED) is 0.899. The predicted molar refractivity (Wildman–Crippen MR) is 85.8 cm³/mol. The minimum atomic E-state index is 0. The molecule has 5 nitrogen and oxygen atoms in total. The van der Waals surface area contributed by atoms with E-state index in [0.29, 0.717) is 17.4 Å². The SMILES string of the molecule is COc1ccc(CN2CC(C)C(N)C2)c(OC)c1OC.Cl. The number of methoxy groups -OCH3 is 3. The Labute approximate surface area is 132 Å². The summed E-state index contributed by atoms with van der Waals surface area (Å²) in [6.45, 7) is 4.93. The Hall–Kier alpha value is -1.17. The Morgan fingerprint density at radius 1 is 1.10 bits per heavy atom. The molecule has 2 rings (SSSR count). The number of hydrogen-bond donors (Lipinski definition) is 1. The number of rotatable bonds is 5. The zero-order chi connectivity index (χ0) is 14.7. The maximum absolute atomic E-state index is 6.08. The average molecular weight is 317 g/mol. The van der Waals surface area contributed by atoms with Gasteiger partial charge in [-0.2, -0.15) is 0 Å². The molecule has 0 amide bonds. The summed E-state index contributed by atoms with van der Waals surface area (Å²) in [5, 5.41) is 0. The van der Waals surface area contributed by atoms with Crippen molar-refractivity contribution < 1.29 is 14.2 Å². The normalized spacial score (nSPS) is 21.8. The Balaban J connectivity index is 0.00000220. The van der Waals surface area contributed by atoms with E-state index >= 15 is 0 Å². The Kier molecular flexibility index (Phi) is 6.58. The molecule has 1 aromatic carbocycles. The Morgan fingerprint density at radius 3 is 2.24 bits per heavy atom. The molecule has 6 heteroatoms. The molecule has 0 aliphatic carbocycles. The molecular formula is C15H25ClN2O3. The Morgan fingerprint density at radius 2 is 1.76 bits per heavy atom. The number of hydrogen-bond acceptors (Lipinski definition) is 5. The summed E-state index contributed by atoms with van der Waals surface area (Å²) in [5.74, 6) is 2.59. The minimum absolute atomic E-state index is 0. The van der Waals surface area contributed by atoms with E-state index in [9.17, 15) is 0 Å². The second kappa shape index (κ2) is 7.73. The van der Waals surface area contributed by atoms with Crippen LogP contribution in [0.4, 0.5) is 0 Å². The molecule has 0 spiro atoms. The maximum Gasteiger partial charge on any atom is 0.203 e. The molecule has 120 valence electrons. The van der Waals surface area contributed by atoms with E-state index in [1.807, 2.05) is 12.1 Å². The third-order valence-electron chi connectivity index (χ3n) is 3.93. The van der Waals surface area contributed by atoms with Crippen LogP contribution in [-0.4, -0.2) is 45.4 Å². The van der Waals surface area contributed by atoms with Crippen molar-refractivity contribution in [3.05, 3.63) is 17.7 Å². The molecule has 1 aliphatic heterocycles. The molecule has 0 aromatic heterocycles. The molecule has 1 aliphatic rings. The fourth-order valence-corrected chi connectivity index (χ4v) is 2.75. The zero-order valence-corrected chi connectivity index (χ0v) is 13.9. The second-order valence-electron chi connectivity index (χ2n) is 5.33. The highest BCUT2D eigenvalue weighted by Gasteiger charge is 2.27. The monoisotopic (exact) mass is 316 g/mol. The lowest BCUT2D eigenvalue weighted by Gasteiger charge is -2.20. The van der Waals surface area contributed by atoms with Crippen LogP contribution in [0.25, 0.3) is 0 Å². The molecule has 0 bridgehead atoms. The van der Waals surface area contributed by atoms with E-state index in [-0.39, 0.29) is 18.4 Å². The van der Waals surface area contributed by atoms with Crippen molar-refractivity contribution in [2.45, 2.75) is 19.5 Å². The van der Waals surface area contributed by atoms with Crippen LogP contribution in [0, 0.1) is 5.92 Å². The van der Waals surface area contributed by atoms with Crippen LogP contribution in [0.3, 0.4) is 0 Å². The topological polar surface area (TPSA) is 57.0 Å². The number of halogens is 1. The minimum Gasteiger partial charge on any atom is -0.493 e. The van der Waals surface area contributed by atoms with Gasteiger partial charge in [-0.15, -0.1) is 12.4 Å². The van der Waals surface area contributed by atoms with Gasteiger partial charge in [0, 0.05) is 31.2 Å². The number of likely N-dealkylation sites (tertiary alicyclic amines) is 1. The molecule has 2 atom stereocenters. The molecule has 1 saturated heterocycles. The van der Waals surface area contributed by atoms with E-state index < -0.39 is 0 Å². The van der Waals surface area contributed by atoms with Gasteiger partial charge < -0.3 is 19.9 Å². The van der Waals surface area contributed by atoms with Crippen molar-refractivity contribution in [2.75, 3.05) is 34.4 Å². The number of nitrogens with two attached hydrogens (primary N) is 1. The summed E-state index contributed by atoms with van der Waals surface area (Å²) in [4.78, 5) is 2.35. The van der Waals surface area contributed by atoms with Crippen LogP contribution in [0.5, 0.6) is 17.2 Å². The first kappa shape index (κ1) is 17.9. The lowest BCUT2D eigenvalue weighted by Crippen LogP contribution is -2.28. The van der Waals surface area contributed by atoms with Gasteiger partial charge in [-0.05, 0) is 12.0 Å². The number of nitrogens with zero attached hydrogens (tertiary/aromatic N) is 1. The van der Waals surface area contributed by atoms with Crippen LogP contribution < -0.4 is 19.9 Å². The summed E-state index contributed by atoms with van der Waals surface area (Å²) in [5.41, 5.74) is 7.17. The van der Waals surface area contributed by atoms with Crippen LogP contribution in [-0.2, 0) is 6.54 Å². The molecule has 0 saturated carbocycles. The van der Waals surface area contributed by atoms with Crippen molar-refractivity contribution in [2.24, 2.45) is 11.7 Å². The highest BCUT2D eigenvalue weighted by molar-refractivity contribution is 5.85. The summed E-state index contributed by atoms with van der Waals surface area (Å²) in [6.07, 6.45) is 0. The van der Waals surface area contributed by atoms with Gasteiger partial charge in [0.1, 0.15) is 0 Å². The van der Waals surface area contributed by atoms with Crippen molar-refractivity contribution >= 4 is 12.4 Å². The first-order chi connectivity index (χ1) is 9.60. The van der Waals surface area contributed by atoms with E-state index in [1.165, 1.54) is 0 Å². The van der Waals surface area contributed by atoms with Gasteiger partial charge in [-0.3, -0.25) is 4.90 Å². The van der Waals surface area contributed by atoms with E-state index in [2.05, 4.69) is 11.8 Å². The molecule has 1 fully saturated rings. The summed E-state index contributed by atoms with van der Waals surface area (Å²) in [7, 11) is 4.90. The lowest BCUT2D eigenvalue weighted by atomic mass is 10.1. The molecule has 1 aromatic rings. The molecule has 1 heterocycles. The van der Waals surface area contributed by atoms with Gasteiger partial charge in [-0.25, -0.2) is 0 Å². The van der Waals surface area contributed by atoms with Crippen molar-refractivity contribution in [1.82, 2.24) is 4.90 Å². The first-order valence-corrected chi connectivity index (χ1v) is 6.86. The van der Waals surface area contributed by atoms with E-state index in [4.69, 9.17) is 19.9 Å². The average Bonchev–Trinajstić information content (AvgIpc) is 2.76. The fourth-order valence-electron chi connectivity index (χ4n) is 2.75. The summed E-state index contributed by atoms with van der Waals surface area (Å²) < 4.78 is 16.2. The predicted octanol–water partition coefficient (Wildman–Crippen LogP) is 1.91. The van der Waals surface area contributed by atoms with Crippen LogP contribution in [0.2, 0.25) is 0 Å². The van der Waals surface area contributed by atoms with Crippen LogP contribution in [0.15, 0.2) is 12.1 Å². The van der Waals surface area contributed by atoms with Gasteiger partial charge in [0.2, 0.25) is 5.75 Å². The van der Waals surface area contributed by atoms with Crippen LogP contribution >= 0.6 is 12.4 Å². The smallest absolute Gasteiger partial charge is 0.203 e. The van der Waals surface area contributed by atoms with Gasteiger partial charge in [-0.1, -0.05) is 13.0 Å². The Bertz CT molecular complexity index is 460. The second-order valence-corrected chi connectivity index (χ2v) is 5.33. The van der Waals surface area contributed by atoms with Crippen molar-refractivity contribution in [1.29, 1.82) is 0 Å². The molecule has 0 radical (unpaired) electrons. The third kappa shape index (κ3) is 3.73. The molecule has 2 unspecified atom stereocenters. The maximum atomic E-state index is 6.08. The van der Waals surface area contributed by atoms with Crippen LogP contribution in [0.1, 0.15) is 12.5 Å². The van der Waals surface area contributed by atoms with Gasteiger partial charge >= 0.3 is 0 Å². The highest BCUT2D eigenvalue weighted by atomic mass is 35.5. The summed E-state index contributed by atoms with van der Waals surface area (Å²) >= 11 is 0. The van der Waals surface area contributed by atoms with Crippen molar-refractivity contribution in [3.8, 4) is 17.2 Å². The molecule has 21 heavy (non-hydrogen) atoms. The highest BCUT2D eigenvalue weighted by Crippen LogP contribution is 2.40. The van der Waals surface area contributed by atoms with E-state index in [0.717, 1.165) is 30.9 Å². The number of ether oxygens (including phenoxy) is 3. The van der Waals surface area contributed by atoms with Gasteiger partial charge in [0.05, 0.1) is 21.3 Å². The standard InChI is InChI=1S/C15H24N2O3.ClH/c1-10-7-17(9-12(10)16)8-11-5-6-13(18-2)15(20-4)14(11)19-3;/h5-6,10,12H,7-9,16H2,1-4H3;1H. The van der Waals surface area contributed by atoms with E-state index in [1.54, 1.807) is 21.3 Å². The number of benzene rings is 1. The first-order valence-electron chi connectivity index (χ1n) is 6.86. The molecular weight excluding hydrogens is 292 g/mol. The van der Waals surface area contributed by atoms with Gasteiger partial charge in [0.15, 0.2) is 11.5 Å². The van der Waals surface area contributed by atoms with Gasteiger partial charge in [0.25, 0.3) is 0 Å².